The Morgan fingerprint density at radius 2 is 1.70 bits per heavy atom. The van der Waals surface area contributed by atoms with Crippen LogP contribution in [0.2, 0.25) is 0 Å². The van der Waals surface area contributed by atoms with Gasteiger partial charge >= 0.3 is 0 Å². The van der Waals surface area contributed by atoms with E-state index in [4.69, 9.17) is 0 Å². The molecule has 1 aromatic rings. The second-order valence-corrected chi connectivity index (χ2v) is 7.30. The molecule has 0 spiro atoms. The standard InChI is InChI=1S/C17H22FNO/c18-15-3-1-2-14(16(15)20)10-19-17-7-11-4-12(8-17)6-13(5-11)9-17/h1-3,11-13,19-20H,4-10H2. The van der Waals surface area contributed by atoms with Gasteiger partial charge in [-0.15, -0.1) is 0 Å². The third-order valence-corrected chi connectivity index (χ3v) is 5.76. The van der Waals surface area contributed by atoms with E-state index in [0.717, 1.165) is 17.8 Å². The number of phenolic OH excluding ortho intramolecular Hbond substituents is 1. The largest absolute Gasteiger partial charge is 0.505 e. The van der Waals surface area contributed by atoms with Crippen molar-refractivity contribution >= 4 is 0 Å². The number of hydrogen-bond donors (Lipinski definition) is 2. The minimum Gasteiger partial charge on any atom is -0.505 e. The minimum atomic E-state index is -0.519. The summed E-state index contributed by atoms with van der Waals surface area (Å²) in [6.07, 6.45) is 8.09. The molecule has 20 heavy (non-hydrogen) atoms. The smallest absolute Gasteiger partial charge is 0.165 e. The third-order valence-electron chi connectivity index (χ3n) is 5.76. The number of hydrogen-bond acceptors (Lipinski definition) is 2. The quantitative estimate of drug-likeness (QED) is 0.883. The minimum absolute atomic E-state index is 0.190. The molecular formula is C17H22FNO. The van der Waals surface area contributed by atoms with Gasteiger partial charge in [-0.2, -0.15) is 0 Å². The molecule has 4 aliphatic carbocycles. The molecule has 2 nitrogen and oxygen atoms in total. The normalized spacial score (nSPS) is 38.4. The number of benzene rings is 1. The van der Waals surface area contributed by atoms with Gasteiger partial charge in [-0.25, -0.2) is 4.39 Å². The van der Waals surface area contributed by atoms with E-state index >= 15 is 0 Å². The molecule has 2 N–H and O–H groups in total. The molecule has 3 heteroatoms. The number of halogens is 1. The van der Waals surface area contributed by atoms with E-state index in [2.05, 4.69) is 5.32 Å². The molecule has 4 saturated carbocycles. The van der Waals surface area contributed by atoms with Gasteiger partial charge in [0.15, 0.2) is 11.6 Å². The number of para-hydroxylation sites is 1. The van der Waals surface area contributed by atoms with Gasteiger partial charge < -0.3 is 10.4 Å². The third kappa shape index (κ3) is 2.03. The van der Waals surface area contributed by atoms with Crippen LogP contribution in [0.4, 0.5) is 4.39 Å². The van der Waals surface area contributed by atoms with E-state index in [-0.39, 0.29) is 11.3 Å². The summed E-state index contributed by atoms with van der Waals surface area (Å²) in [6.45, 7) is 0.579. The maximum absolute atomic E-state index is 13.4. The molecule has 0 amide bonds. The van der Waals surface area contributed by atoms with Crippen LogP contribution in [0, 0.1) is 23.6 Å². The summed E-state index contributed by atoms with van der Waals surface area (Å²) < 4.78 is 13.4. The maximum atomic E-state index is 13.4. The Balaban J connectivity index is 1.50. The summed E-state index contributed by atoms with van der Waals surface area (Å²) in [5.74, 6) is 1.99. The van der Waals surface area contributed by atoms with Crippen molar-refractivity contribution in [1.29, 1.82) is 0 Å². The topological polar surface area (TPSA) is 32.3 Å². The van der Waals surface area contributed by atoms with E-state index < -0.39 is 5.82 Å². The first kappa shape index (κ1) is 12.6. The average Bonchev–Trinajstić information content (AvgIpc) is 2.39. The van der Waals surface area contributed by atoms with Gasteiger partial charge in [0.1, 0.15) is 0 Å². The van der Waals surface area contributed by atoms with Gasteiger partial charge in [0, 0.05) is 17.6 Å². The maximum Gasteiger partial charge on any atom is 0.165 e. The second kappa shape index (κ2) is 4.45. The summed E-state index contributed by atoms with van der Waals surface area (Å²) in [5.41, 5.74) is 0.939. The highest BCUT2D eigenvalue weighted by Crippen LogP contribution is 2.55. The Kier molecular flexibility index (Phi) is 2.81. The summed E-state index contributed by atoms with van der Waals surface area (Å²) in [4.78, 5) is 0. The average molecular weight is 275 g/mol. The van der Waals surface area contributed by atoms with E-state index in [1.165, 1.54) is 44.6 Å². The van der Waals surface area contributed by atoms with Gasteiger partial charge in [0.2, 0.25) is 0 Å². The van der Waals surface area contributed by atoms with Crippen LogP contribution in [0.3, 0.4) is 0 Å². The van der Waals surface area contributed by atoms with Gasteiger partial charge in [-0.1, -0.05) is 12.1 Å². The molecule has 108 valence electrons. The predicted octanol–water partition coefficient (Wildman–Crippen LogP) is 3.59. The van der Waals surface area contributed by atoms with Crippen LogP contribution in [0.5, 0.6) is 5.75 Å². The highest BCUT2D eigenvalue weighted by Gasteiger charge is 2.50. The molecule has 0 saturated heterocycles. The fourth-order valence-electron chi connectivity index (χ4n) is 5.31. The Bertz CT molecular complexity index is 492. The molecule has 5 rings (SSSR count). The van der Waals surface area contributed by atoms with E-state index in [0.29, 0.717) is 12.1 Å². The lowest BCUT2D eigenvalue weighted by molar-refractivity contribution is -0.0206. The van der Waals surface area contributed by atoms with Crippen LogP contribution in [0.1, 0.15) is 44.1 Å². The molecule has 1 aromatic carbocycles. The molecule has 0 radical (unpaired) electrons. The lowest BCUT2D eigenvalue weighted by Gasteiger charge is -2.57. The van der Waals surface area contributed by atoms with E-state index in [1.807, 2.05) is 6.07 Å². The van der Waals surface area contributed by atoms with E-state index in [9.17, 15) is 9.50 Å². The van der Waals surface area contributed by atoms with Gasteiger partial charge in [-0.3, -0.25) is 0 Å². The van der Waals surface area contributed by atoms with Crippen molar-refractivity contribution in [3.05, 3.63) is 29.6 Å². The Morgan fingerprint density at radius 3 is 2.30 bits per heavy atom. The first-order valence-corrected chi connectivity index (χ1v) is 7.85. The molecule has 0 unspecified atom stereocenters. The van der Waals surface area contributed by atoms with Gasteiger partial charge in [-0.05, 0) is 62.3 Å². The van der Waals surface area contributed by atoms with Crippen LogP contribution in [0.25, 0.3) is 0 Å². The van der Waals surface area contributed by atoms with Crippen molar-refractivity contribution in [3.63, 3.8) is 0 Å². The Labute approximate surface area is 119 Å². The molecular weight excluding hydrogens is 253 g/mol. The Morgan fingerprint density at radius 1 is 1.10 bits per heavy atom. The van der Waals surface area contributed by atoms with Crippen molar-refractivity contribution in [1.82, 2.24) is 5.32 Å². The molecule has 0 atom stereocenters. The van der Waals surface area contributed by atoms with Crippen molar-refractivity contribution in [2.75, 3.05) is 0 Å². The zero-order chi connectivity index (χ0) is 13.7. The SMILES string of the molecule is Oc1c(F)cccc1CNC12CC3CC(CC(C3)C1)C2. The highest BCUT2D eigenvalue weighted by molar-refractivity contribution is 5.33. The Hall–Kier alpha value is -1.09. The predicted molar refractivity (Wildman–Crippen MR) is 75.8 cm³/mol. The number of aromatic hydroxyl groups is 1. The van der Waals surface area contributed by atoms with Crippen LogP contribution < -0.4 is 5.32 Å². The molecule has 0 aliphatic heterocycles. The van der Waals surface area contributed by atoms with Gasteiger partial charge in [0.05, 0.1) is 0 Å². The zero-order valence-corrected chi connectivity index (χ0v) is 11.7. The fraction of sp³-hybridized carbons (Fsp3) is 0.647. The monoisotopic (exact) mass is 275 g/mol. The lowest BCUT2D eigenvalue weighted by Crippen LogP contribution is -2.58. The molecule has 4 aliphatic rings. The first-order chi connectivity index (χ1) is 9.63. The van der Waals surface area contributed by atoms with Crippen LogP contribution in [0.15, 0.2) is 18.2 Å². The fourth-order valence-corrected chi connectivity index (χ4v) is 5.31. The van der Waals surface area contributed by atoms with Crippen molar-refractivity contribution in [2.45, 2.75) is 50.6 Å². The lowest BCUT2D eigenvalue weighted by atomic mass is 9.53. The van der Waals surface area contributed by atoms with Gasteiger partial charge in [0.25, 0.3) is 0 Å². The molecule has 0 heterocycles. The highest BCUT2D eigenvalue weighted by atomic mass is 19.1. The van der Waals surface area contributed by atoms with E-state index in [1.54, 1.807) is 6.07 Å². The summed E-state index contributed by atoms with van der Waals surface area (Å²) >= 11 is 0. The van der Waals surface area contributed by atoms with Crippen LogP contribution in [-0.2, 0) is 6.54 Å². The molecule has 4 fully saturated rings. The van der Waals surface area contributed by atoms with Crippen LogP contribution in [-0.4, -0.2) is 10.6 Å². The summed E-state index contributed by atoms with van der Waals surface area (Å²) in [7, 11) is 0. The number of nitrogens with one attached hydrogen (secondary N) is 1. The van der Waals surface area contributed by atoms with Crippen LogP contribution >= 0.6 is 0 Å². The first-order valence-electron chi connectivity index (χ1n) is 7.85. The second-order valence-electron chi connectivity index (χ2n) is 7.30. The molecule has 4 bridgehead atoms. The summed E-state index contributed by atoms with van der Waals surface area (Å²) in [5, 5.41) is 13.5. The van der Waals surface area contributed by atoms with Crippen molar-refractivity contribution in [3.8, 4) is 5.75 Å². The zero-order valence-electron chi connectivity index (χ0n) is 11.7. The number of phenols is 1. The summed E-state index contributed by atoms with van der Waals surface area (Å²) in [6, 6.07) is 4.79. The van der Waals surface area contributed by atoms with Crippen molar-refractivity contribution in [2.24, 2.45) is 17.8 Å². The number of rotatable bonds is 3. The van der Waals surface area contributed by atoms with Crippen molar-refractivity contribution < 1.29 is 9.50 Å². The molecule has 0 aromatic heterocycles.